The highest BCUT2D eigenvalue weighted by molar-refractivity contribution is 5.85. The molecule has 0 saturated heterocycles. The van der Waals surface area contributed by atoms with E-state index in [4.69, 9.17) is 0 Å². The second-order valence-electron chi connectivity index (χ2n) is 5.19. The molecule has 0 atom stereocenters. The van der Waals surface area contributed by atoms with Gasteiger partial charge in [0.15, 0.2) is 0 Å². The standard InChI is InChI=1S/C17H19N3O/c1-2-6-17-16(12-21)18-19-20(17)11-14-9-5-8-13-7-3-4-10-15(13)14/h3-5,7-10,21H,2,6,11-12H2,1H3. The summed E-state index contributed by atoms with van der Waals surface area (Å²) in [6.45, 7) is 2.75. The molecule has 3 rings (SSSR count). The van der Waals surface area contributed by atoms with E-state index in [1.165, 1.54) is 16.3 Å². The molecule has 0 aliphatic rings. The Morgan fingerprint density at radius 3 is 2.71 bits per heavy atom. The van der Waals surface area contributed by atoms with E-state index in [-0.39, 0.29) is 6.61 Å². The summed E-state index contributed by atoms with van der Waals surface area (Å²) in [5.74, 6) is 0. The number of fused-ring (bicyclic) bond motifs is 1. The van der Waals surface area contributed by atoms with Crippen LogP contribution in [0.5, 0.6) is 0 Å². The van der Waals surface area contributed by atoms with E-state index in [1.54, 1.807) is 0 Å². The van der Waals surface area contributed by atoms with Crippen molar-refractivity contribution in [2.45, 2.75) is 32.9 Å². The highest BCUT2D eigenvalue weighted by Gasteiger charge is 2.12. The molecule has 0 unspecified atom stereocenters. The number of hydrogen-bond donors (Lipinski definition) is 1. The Labute approximate surface area is 124 Å². The van der Waals surface area contributed by atoms with Crippen molar-refractivity contribution < 1.29 is 5.11 Å². The summed E-state index contributed by atoms with van der Waals surface area (Å²) >= 11 is 0. The molecule has 4 heteroatoms. The molecule has 0 aliphatic carbocycles. The van der Waals surface area contributed by atoms with Crippen molar-refractivity contribution in [1.29, 1.82) is 0 Å². The average molecular weight is 281 g/mol. The van der Waals surface area contributed by atoms with Crippen LogP contribution >= 0.6 is 0 Å². The van der Waals surface area contributed by atoms with Gasteiger partial charge in [0.1, 0.15) is 5.69 Å². The lowest BCUT2D eigenvalue weighted by Gasteiger charge is -2.09. The molecule has 4 nitrogen and oxygen atoms in total. The van der Waals surface area contributed by atoms with Gasteiger partial charge in [-0.25, -0.2) is 4.68 Å². The minimum atomic E-state index is -0.0507. The maximum absolute atomic E-state index is 9.38. The summed E-state index contributed by atoms with van der Waals surface area (Å²) in [4.78, 5) is 0. The number of hydrogen-bond acceptors (Lipinski definition) is 3. The third-order valence-electron chi connectivity index (χ3n) is 3.75. The van der Waals surface area contributed by atoms with Crippen molar-refractivity contribution >= 4 is 10.8 Å². The molecule has 0 fully saturated rings. The van der Waals surface area contributed by atoms with Gasteiger partial charge in [0, 0.05) is 0 Å². The van der Waals surface area contributed by atoms with E-state index >= 15 is 0 Å². The van der Waals surface area contributed by atoms with E-state index in [0.29, 0.717) is 12.2 Å². The topological polar surface area (TPSA) is 50.9 Å². The van der Waals surface area contributed by atoms with Gasteiger partial charge >= 0.3 is 0 Å². The second-order valence-corrected chi connectivity index (χ2v) is 5.19. The molecule has 0 radical (unpaired) electrons. The highest BCUT2D eigenvalue weighted by atomic mass is 16.3. The van der Waals surface area contributed by atoms with E-state index in [0.717, 1.165) is 18.5 Å². The highest BCUT2D eigenvalue weighted by Crippen LogP contribution is 2.20. The zero-order valence-electron chi connectivity index (χ0n) is 12.2. The lowest BCUT2D eigenvalue weighted by atomic mass is 10.0. The lowest BCUT2D eigenvalue weighted by molar-refractivity contribution is 0.275. The van der Waals surface area contributed by atoms with Crippen LogP contribution in [-0.2, 0) is 19.6 Å². The monoisotopic (exact) mass is 281 g/mol. The van der Waals surface area contributed by atoms with Gasteiger partial charge in [-0.15, -0.1) is 5.10 Å². The smallest absolute Gasteiger partial charge is 0.111 e. The molecule has 1 heterocycles. The summed E-state index contributed by atoms with van der Waals surface area (Å²) in [6.07, 6.45) is 1.89. The predicted octanol–water partition coefficient (Wildman–Crippen LogP) is 2.92. The number of rotatable bonds is 5. The van der Waals surface area contributed by atoms with Gasteiger partial charge < -0.3 is 5.11 Å². The molecule has 0 aliphatic heterocycles. The maximum Gasteiger partial charge on any atom is 0.111 e. The van der Waals surface area contributed by atoms with Crippen molar-refractivity contribution in [3.8, 4) is 0 Å². The van der Waals surface area contributed by atoms with Crippen LogP contribution in [0.3, 0.4) is 0 Å². The van der Waals surface area contributed by atoms with Crippen LogP contribution in [0.25, 0.3) is 10.8 Å². The zero-order valence-corrected chi connectivity index (χ0v) is 12.2. The molecule has 1 aromatic heterocycles. The molecule has 3 aromatic rings. The van der Waals surface area contributed by atoms with Crippen LogP contribution < -0.4 is 0 Å². The van der Waals surface area contributed by atoms with Crippen LogP contribution in [0.15, 0.2) is 42.5 Å². The molecule has 0 amide bonds. The van der Waals surface area contributed by atoms with Gasteiger partial charge in [-0.1, -0.05) is 61.0 Å². The fourth-order valence-corrected chi connectivity index (χ4v) is 2.72. The van der Waals surface area contributed by atoms with Crippen LogP contribution in [0.4, 0.5) is 0 Å². The second kappa shape index (κ2) is 6.06. The molecule has 1 N–H and O–H groups in total. The quantitative estimate of drug-likeness (QED) is 0.782. The predicted molar refractivity (Wildman–Crippen MR) is 83.0 cm³/mol. The maximum atomic E-state index is 9.38. The summed E-state index contributed by atoms with van der Waals surface area (Å²) in [5.41, 5.74) is 2.95. The van der Waals surface area contributed by atoms with Crippen LogP contribution in [0.2, 0.25) is 0 Å². The van der Waals surface area contributed by atoms with Crippen LogP contribution in [-0.4, -0.2) is 20.1 Å². The van der Waals surface area contributed by atoms with Crippen molar-refractivity contribution in [1.82, 2.24) is 15.0 Å². The minimum absolute atomic E-state index is 0.0507. The summed E-state index contributed by atoms with van der Waals surface area (Å²) in [6, 6.07) is 14.7. The Bertz CT molecular complexity index is 743. The summed E-state index contributed by atoms with van der Waals surface area (Å²) < 4.78 is 1.91. The van der Waals surface area contributed by atoms with E-state index in [1.807, 2.05) is 10.7 Å². The fourth-order valence-electron chi connectivity index (χ4n) is 2.72. The Morgan fingerprint density at radius 1 is 1.10 bits per heavy atom. The first-order valence-electron chi connectivity index (χ1n) is 7.32. The van der Waals surface area contributed by atoms with Gasteiger partial charge in [0.2, 0.25) is 0 Å². The van der Waals surface area contributed by atoms with Gasteiger partial charge in [0.05, 0.1) is 18.8 Å². The fraction of sp³-hybridized carbons (Fsp3) is 0.294. The van der Waals surface area contributed by atoms with E-state index in [9.17, 15) is 5.11 Å². The number of nitrogens with zero attached hydrogens (tertiary/aromatic N) is 3. The number of aromatic nitrogens is 3. The third kappa shape index (κ3) is 2.67. The number of aliphatic hydroxyl groups is 1. The van der Waals surface area contributed by atoms with Gasteiger partial charge in [-0.3, -0.25) is 0 Å². The van der Waals surface area contributed by atoms with Gasteiger partial charge in [0.25, 0.3) is 0 Å². The SMILES string of the molecule is CCCc1c(CO)nnn1Cc1cccc2ccccc12. The largest absolute Gasteiger partial charge is 0.390 e. The molecular formula is C17H19N3O. The van der Waals surface area contributed by atoms with Crippen molar-refractivity contribution in [3.05, 3.63) is 59.4 Å². The Morgan fingerprint density at radius 2 is 1.90 bits per heavy atom. The Hall–Kier alpha value is -2.20. The first-order chi connectivity index (χ1) is 10.3. The lowest BCUT2D eigenvalue weighted by Crippen LogP contribution is -2.08. The van der Waals surface area contributed by atoms with Crippen molar-refractivity contribution in [2.75, 3.05) is 0 Å². The normalized spacial score (nSPS) is 11.1. The first kappa shape index (κ1) is 13.8. The van der Waals surface area contributed by atoms with Crippen LogP contribution in [0.1, 0.15) is 30.3 Å². The molecule has 0 spiro atoms. The number of benzene rings is 2. The minimum Gasteiger partial charge on any atom is -0.390 e. The molecular weight excluding hydrogens is 262 g/mol. The Kier molecular flexibility index (Phi) is 3.97. The number of aliphatic hydroxyl groups excluding tert-OH is 1. The first-order valence-corrected chi connectivity index (χ1v) is 7.32. The average Bonchev–Trinajstić information content (AvgIpc) is 2.90. The molecule has 2 aromatic carbocycles. The van der Waals surface area contributed by atoms with E-state index in [2.05, 4.69) is 53.6 Å². The van der Waals surface area contributed by atoms with Crippen molar-refractivity contribution in [2.24, 2.45) is 0 Å². The Balaban J connectivity index is 2.01. The van der Waals surface area contributed by atoms with Gasteiger partial charge in [-0.05, 0) is 22.8 Å². The summed E-state index contributed by atoms with van der Waals surface area (Å²) in [5, 5.41) is 20.2. The third-order valence-corrected chi connectivity index (χ3v) is 3.75. The zero-order chi connectivity index (χ0) is 14.7. The molecule has 108 valence electrons. The van der Waals surface area contributed by atoms with Gasteiger partial charge in [-0.2, -0.15) is 0 Å². The summed E-state index contributed by atoms with van der Waals surface area (Å²) in [7, 11) is 0. The molecule has 21 heavy (non-hydrogen) atoms. The molecule has 0 saturated carbocycles. The van der Waals surface area contributed by atoms with Crippen LogP contribution in [0, 0.1) is 0 Å². The van der Waals surface area contributed by atoms with E-state index < -0.39 is 0 Å². The molecule has 0 bridgehead atoms. The van der Waals surface area contributed by atoms with Crippen molar-refractivity contribution in [3.63, 3.8) is 0 Å².